The molecule has 4 N–H and O–H groups in total. The molecule has 2 aliphatic carbocycles. The number of aryl methyl sites for hydroxylation is 1. The fourth-order valence-electron chi connectivity index (χ4n) is 3.90. The second kappa shape index (κ2) is 7.95. The van der Waals surface area contributed by atoms with Crippen LogP contribution in [0.2, 0.25) is 0 Å². The fourth-order valence-corrected chi connectivity index (χ4v) is 5.05. The molecule has 0 amide bonds. The Kier molecular flexibility index (Phi) is 5.23. The Morgan fingerprint density at radius 2 is 2.03 bits per heavy atom. The first-order valence-corrected chi connectivity index (χ1v) is 12.2. The van der Waals surface area contributed by atoms with Gasteiger partial charge in [0.15, 0.2) is 17.3 Å². The van der Waals surface area contributed by atoms with Crippen molar-refractivity contribution in [3.8, 4) is 22.7 Å². The number of anilines is 1. The third-order valence-corrected chi connectivity index (χ3v) is 7.55. The number of nitrogens with one attached hydrogen (secondary N) is 1. The molecule has 0 unspecified atom stereocenters. The molecular formula is C22H25N5O4S. The third kappa shape index (κ3) is 4.13. The molecule has 0 saturated heterocycles. The summed E-state index contributed by atoms with van der Waals surface area (Å²) in [6.07, 6.45) is 4.65. The number of hydrogen-bond acceptors (Lipinski definition) is 8. The van der Waals surface area contributed by atoms with Gasteiger partial charge in [0.2, 0.25) is 10.0 Å². The van der Waals surface area contributed by atoms with E-state index < -0.39 is 10.0 Å². The Bertz CT molecular complexity index is 1260. The monoisotopic (exact) mass is 455 g/mol. The minimum Gasteiger partial charge on any atom is -0.393 e. The average molecular weight is 456 g/mol. The Morgan fingerprint density at radius 1 is 1.25 bits per heavy atom. The largest absolute Gasteiger partial charge is 0.393 e. The van der Waals surface area contributed by atoms with Crippen molar-refractivity contribution in [3.63, 3.8) is 0 Å². The quantitative estimate of drug-likeness (QED) is 0.493. The van der Waals surface area contributed by atoms with E-state index in [1.54, 1.807) is 18.2 Å². The van der Waals surface area contributed by atoms with E-state index in [1.165, 1.54) is 6.20 Å². The van der Waals surface area contributed by atoms with Gasteiger partial charge < -0.3 is 15.4 Å². The maximum absolute atomic E-state index is 12.8. The van der Waals surface area contributed by atoms with Gasteiger partial charge in [-0.2, -0.15) is 0 Å². The van der Waals surface area contributed by atoms with Crippen molar-refractivity contribution < 1.29 is 18.0 Å². The van der Waals surface area contributed by atoms with E-state index in [9.17, 15) is 13.5 Å². The molecule has 168 valence electrons. The number of aromatic nitrogens is 3. The Hall–Kier alpha value is -2.82. The van der Waals surface area contributed by atoms with Crippen molar-refractivity contribution >= 4 is 15.8 Å². The summed E-state index contributed by atoms with van der Waals surface area (Å²) in [5, 5.41) is 13.5. The predicted octanol–water partition coefficient (Wildman–Crippen LogP) is 2.62. The first-order valence-electron chi connectivity index (χ1n) is 10.7. The second-order valence-electron chi connectivity index (χ2n) is 8.70. The van der Waals surface area contributed by atoms with Crippen LogP contribution < -0.4 is 10.5 Å². The molecule has 2 aliphatic rings. The first-order chi connectivity index (χ1) is 15.3. The summed E-state index contributed by atoms with van der Waals surface area (Å²) in [5.74, 6) is 1.27. The Balaban J connectivity index is 1.44. The van der Waals surface area contributed by atoms with Crippen molar-refractivity contribution in [1.82, 2.24) is 19.8 Å². The molecule has 2 heterocycles. The van der Waals surface area contributed by atoms with Gasteiger partial charge >= 0.3 is 0 Å². The number of nitrogens with zero attached hydrogens (tertiary/aromatic N) is 3. The smallest absolute Gasteiger partial charge is 0.240 e. The van der Waals surface area contributed by atoms with Gasteiger partial charge in [0.1, 0.15) is 0 Å². The van der Waals surface area contributed by atoms with Crippen LogP contribution in [0.3, 0.4) is 0 Å². The number of sulfonamides is 1. The molecule has 0 bridgehead atoms. The number of hydrogen-bond donors (Lipinski definition) is 3. The molecule has 2 saturated carbocycles. The van der Waals surface area contributed by atoms with Crippen molar-refractivity contribution in [1.29, 1.82) is 0 Å². The molecule has 2 aromatic heterocycles. The topological polar surface area (TPSA) is 144 Å². The highest BCUT2D eigenvalue weighted by Crippen LogP contribution is 2.41. The van der Waals surface area contributed by atoms with Crippen LogP contribution in [0.25, 0.3) is 22.7 Å². The summed E-state index contributed by atoms with van der Waals surface area (Å²) in [5.41, 5.74) is 9.32. The zero-order valence-electron chi connectivity index (χ0n) is 17.7. The number of nitrogen functional groups attached to an aromatic ring is 1. The van der Waals surface area contributed by atoms with Gasteiger partial charge in [-0.25, -0.2) is 23.1 Å². The van der Waals surface area contributed by atoms with Gasteiger partial charge in [-0.3, -0.25) is 0 Å². The van der Waals surface area contributed by atoms with Gasteiger partial charge in [0, 0.05) is 24.1 Å². The number of nitrogens with two attached hydrogens (primary N) is 1. The molecule has 0 radical (unpaired) electrons. The van der Waals surface area contributed by atoms with E-state index in [0.717, 1.165) is 24.1 Å². The van der Waals surface area contributed by atoms with Crippen LogP contribution in [0, 0.1) is 12.8 Å². The molecule has 10 heteroatoms. The highest BCUT2D eigenvalue weighted by Gasteiger charge is 2.29. The summed E-state index contributed by atoms with van der Waals surface area (Å²) in [6.45, 7) is 2.19. The van der Waals surface area contributed by atoms with Crippen molar-refractivity contribution in [2.24, 2.45) is 5.92 Å². The van der Waals surface area contributed by atoms with E-state index >= 15 is 0 Å². The van der Waals surface area contributed by atoms with Crippen LogP contribution in [-0.4, -0.2) is 41.3 Å². The summed E-state index contributed by atoms with van der Waals surface area (Å²) in [7, 11) is -3.70. The van der Waals surface area contributed by atoms with Gasteiger partial charge in [0.25, 0.3) is 0 Å². The van der Waals surface area contributed by atoms with Crippen LogP contribution in [0.5, 0.6) is 0 Å². The lowest BCUT2D eigenvalue weighted by atomic mass is 9.83. The lowest BCUT2D eigenvalue weighted by Gasteiger charge is -2.31. The molecule has 32 heavy (non-hydrogen) atoms. The van der Waals surface area contributed by atoms with Crippen molar-refractivity contribution in [2.75, 3.05) is 12.3 Å². The Morgan fingerprint density at radius 3 is 2.75 bits per heavy atom. The van der Waals surface area contributed by atoms with Crippen LogP contribution in [0.15, 0.2) is 39.9 Å². The van der Waals surface area contributed by atoms with Gasteiger partial charge in [0.05, 0.1) is 28.6 Å². The summed E-state index contributed by atoms with van der Waals surface area (Å²) >= 11 is 0. The second-order valence-corrected chi connectivity index (χ2v) is 10.5. The molecule has 0 aliphatic heterocycles. The van der Waals surface area contributed by atoms with Gasteiger partial charge in [-0.05, 0) is 56.2 Å². The predicted molar refractivity (Wildman–Crippen MR) is 118 cm³/mol. The highest BCUT2D eigenvalue weighted by atomic mass is 32.2. The maximum Gasteiger partial charge on any atom is 0.240 e. The highest BCUT2D eigenvalue weighted by molar-refractivity contribution is 7.89. The number of rotatable bonds is 7. The normalized spacial score (nSPS) is 20.8. The van der Waals surface area contributed by atoms with E-state index in [4.69, 9.17) is 10.3 Å². The fraction of sp³-hybridized carbons (Fsp3) is 0.409. The number of aliphatic hydroxyl groups is 1. The molecule has 5 rings (SSSR count). The average Bonchev–Trinajstić information content (AvgIpc) is 3.48. The van der Waals surface area contributed by atoms with Gasteiger partial charge in [-0.15, -0.1) is 0 Å². The van der Waals surface area contributed by atoms with Crippen molar-refractivity contribution in [2.45, 2.75) is 49.5 Å². The van der Waals surface area contributed by atoms with E-state index in [2.05, 4.69) is 19.8 Å². The van der Waals surface area contributed by atoms with E-state index in [1.807, 2.05) is 13.0 Å². The van der Waals surface area contributed by atoms with Crippen LogP contribution in [0.1, 0.15) is 42.9 Å². The number of benzene rings is 1. The minimum absolute atomic E-state index is 0.147. The third-order valence-electron chi connectivity index (χ3n) is 6.13. The lowest BCUT2D eigenvalue weighted by molar-refractivity contribution is 0.0453. The zero-order chi connectivity index (χ0) is 22.5. The van der Waals surface area contributed by atoms with Crippen LogP contribution >= 0.6 is 0 Å². The summed E-state index contributed by atoms with van der Waals surface area (Å²) in [4.78, 5) is 9.04. The van der Waals surface area contributed by atoms with Crippen molar-refractivity contribution in [3.05, 3.63) is 41.7 Å². The standard InChI is InChI=1S/C22H25N5O4S/c1-12-2-5-16(32(29,30)25-10-13-6-15(28)7-13)8-17(12)19-11-24-22(23)21(26-19)20-9-18(27-31-20)14-3-4-14/h2,5,8-9,11,13-15,25,28H,3-4,6-7,10H2,1H3,(H2,23,24)/t13-,15+. The minimum atomic E-state index is -3.70. The maximum atomic E-state index is 12.8. The molecule has 1 aromatic carbocycles. The first kappa shape index (κ1) is 21.0. The Labute approximate surface area is 186 Å². The molecule has 2 fully saturated rings. The van der Waals surface area contributed by atoms with Gasteiger partial charge in [-0.1, -0.05) is 11.2 Å². The van der Waals surface area contributed by atoms with E-state index in [-0.39, 0.29) is 22.7 Å². The molecule has 0 atom stereocenters. The van der Waals surface area contributed by atoms with E-state index in [0.29, 0.717) is 48.0 Å². The number of aliphatic hydroxyl groups excluding tert-OH is 1. The van der Waals surface area contributed by atoms with Crippen LogP contribution in [-0.2, 0) is 10.0 Å². The lowest BCUT2D eigenvalue weighted by Crippen LogP contribution is -2.38. The summed E-state index contributed by atoms with van der Waals surface area (Å²) < 4.78 is 33.7. The zero-order valence-corrected chi connectivity index (χ0v) is 18.5. The molecule has 3 aromatic rings. The SMILES string of the molecule is Cc1ccc(S(=O)(=O)NC[C@H]2C[C@@H](O)C2)cc1-c1cnc(N)c(-c2cc(C3CC3)no2)n1. The van der Waals surface area contributed by atoms with Crippen LogP contribution in [0.4, 0.5) is 5.82 Å². The molecular weight excluding hydrogens is 430 g/mol. The molecule has 0 spiro atoms. The molecule has 9 nitrogen and oxygen atoms in total. The summed E-state index contributed by atoms with van der Waals surface area (Å²) in [6, 6.07) is 6.75.